The van der Waals surface area contributed by atoms with Gasteiger partial charge < -0.3 is 10.2 Å². The average Bonchev–Trinajstić information content (AvgIpc) is 3.43. The van der Waals surface area contributed by atoms with Crippen molar-refractivity contribution in [2.24, 2.45) is 23.7 Å². The Morgan fingerprint density at radius 2 is 1.62 bits per heavy atom. The second-order valence-corrected chi connectivity index (χ2v) is 9.04. The van der Waals surface area contributed by atoms with Gasteiger partial charge in [0.1, 0.15) is 0 Å². The van der Waals surface area contributed by atoms with Crippen molar-refractivity contribution in [1.82, 2.24) is 10.2 Å². The largest absolute Gasteiger partial charge is 0.342 e. The van der Waals surface area contributed by atoms with Crippen molar-refractivity contribution in [3.05, 3.63) is 0 Å². The van der Waals surface area contributed by atoms with E-state index >= 15 is 0 Å². The third-order valence-corrected chi connectivity index (χ3v) is 6.63. The SMILES string of the molecule is CC(C)C(CC1CCCCC1)C(=O)N1CCC(NCC2CC2)CC1. The minimum Gasteiger partial charge on any atom is -0.342 e. The van der Waals surface area contributed by atoms with Gasteiger partial charge in [-0.3, -0.25) is 4.79 Å². The molecule has 3 aliphatic rings. The first-order valence-electron chi connectivity index (χ1n) is 10.7. The van der Waals surface area contributed by atoms with Crippen LogP contribution in [0.1, 0.15) is 78.1 Å². The molecule has 0 aromatic rings. The van der Waals surface area contributed by atoms with E-state index in [0.29, 0.717) is 17.9 Å². The molecule has 138 valence electrons. The summed E-state index contributed by atoms with van der Waals surface area (Å²) < 4.78 is 0. The fraction of sp³-hybridized carbons (Fsp3) is 0.952. The lowest BCUT2D eigenvalue weighted by Crippen LogP contribution is -2.48. The van der Waals surface area contributed by atoms with Crippen molar-refractivity contribution in [1.29, 1.82) is 0 Å². The van der Waals surface area contributed by atoms with Gasteiger partial charge in [0.25, 0.3) is 0 Å². The number of piperidine rings is 1. The summed E-state index contributed by atoms with van der Waals surface area (Å²) in [6, 6.07) is 0.644. The van der Waals surface area contributed by atoms with Gasteiger partial charge >= 0.3 is 0 Å². The normalized spacial score (nSPS) is 25.2. The third-order valence-electron chi connectivity index (χ3n) is 6.63. The van der Waals surface area contributed by atoms with Gasteiger partial charge in [-0.1, -0.05) is 46.0 Å². The van der Waals surface area contributed by atoms with Crippen LogP contribution in [0.5, 0.6) is 0 Å². The number of amides is 1. The summed E-state index contributed by atoms with van der Waals surface area (Å²) in [4.78, 5) is 15.3. The first-order chi connectivity index (χ1) is 11.6. The molecule has 3 fully saturated rings. The highest BCUT2D eigenvalue weighted by Gasteiger charge is 2.32. The summed E-state index contributed by atoms with van der Waals surface area (Å²) in [5.74, 6) is 2.93. The maximum atomic E-state index is 13.1. The Morgan fingerprint density at radius 1 is 0.958 bits per heavy atom. The number of likely N-dealkylation sites (tertiary alicyclic amines) is 1. The Hall–Kier alpha value is -0.570. The van der Waals surface area contributed by atoms with Crippen molar-refractivity contribution >= 4 is 5.91 Å². The van der Waals surface area contributed by atoms with Crippen LogP contribution in [0.25, 0.3) is 0 Å². The fourth-order valence-electron chi connectivity index (χ4n) is 4.63. The molecule has 1 aliphatic heterocycles. The molecule has 1 heterocycles. The van der Waals surface area contributed by atoms with E-state index < -0.39 is 0 Å². The van der Waals surface area contributed by atoms with E-state index in [-0.39, 0.29) is 5.92 Å². The number of nitrogens with one attached hydrogen (secondary N) is 1. The second-order valence-electron chi connectivity index (χ2n) is 9.04. The molecule has 1 saturated heterocycles. The van der Waals surface area contributed by atoms with Crippen LogP contribution >= 0.6 is 0 Å². The quantitative estimate of drug-likeness (QED) is 0.756. The van der Waals surface area contributed by atoms with Gasteiger partial charge in [0.05, 0.1) is 0 Å². The monoisotopic (exact) mass is 334 g/mol. The molecular weight excluding hydrogens is 296 g/mol. The Morgan fingerprint density at radius 3 is 2.21 bits per heavy atom. The van der Waals surface area contributed by atoms with E-state index in [1.54, 1.807) is 0 Å². The lowest BCUT2D eigenvalue weighted by Gasteiger charge is -2.37. The van der Waals surface area contributed by atoms with E-state index in [9.17, 15) is 4.79 Å². The number of nitrogens with zero attached hydrogens (tertiary/aromatic N) is 1. The van der Waals surface area contributed by atoms with E-state index in [4.69, 9.17) is 0 Å². The standard InChI is InChI=1S/C21H38N2O/c1-16(2)20(14-17-6-4-3-5-7-17)21(24)23-12-10-19(11-13-23)22-15-18-8-9-18/h16-20,22H,3-15H2,1-2H3. The highest BCUT2D eigenvalue weighted by Crippen LogP contribution is 2.33. The Kier molecular flexibility index (Phi) is 6.60. The van der Waals surface area contributed by atoms with Crippen molar-refractivity contribution < 1.29 is 4.79 Å². The highest BCUT2D eigenvalue weighted by molar-refractivity contribution is 5.79. The van der Waals surface area contributed by atoms with Crippen LogP contribution in [0.4, 0.5) is 0 Å². The van der Waals surface area contributed by atoms with E-state index in [1.807, 2.05) is 0 Å². The predicted octanol–water partition coefficient (Wildman–Crippen LogP) is 4.22. The number of carbonyl (C=O) groups is 1. The zero-order valence-electron chi connectivity index (χ0n) is 15.9. The van der Waals surface area contributed by atoms with Crippen molar-refractivity contribution in [3.8, 4) is 0 Å². The fourth-order valence-corrected chi connectivity index (χ4v) is 4.63. The van der Waals surface area contributed by atoms with E-state index in [2.05, 4.69) is 24.1 Å². The maximum Gasteiger partial charge on any atom is 0.225 e. The lowest BCUT2D eigenvalue weighted by atomic mass is 9.78. The van der Waals surface area contributed by atoms with Crippen LogP contribution in [0.15, 0.2) is 0 Å². The molecule has 2 aliphatic carbocycles. The zero-order valence-corrected chi connectivity index (χ0v) is 15.9. The van der Waals surface area contributed by atoms with Crippen LogP contribution < -0.4 is 5.32 Å². The molecule has 1 amide bonds. The summed E-state index contributed by atoms with van der Waals surface area (Å²) in [6.45, 7) is 7.63. The third kappa shape index (κ3) is 5.21. The topological polar surface area (TPSA) is 32.3 Å². The van der Waals surface area contributed by atoms with Crippen LogP contribution in [-0.2, 0) is 4.79 Å². The molecule has 3 heteroatoms. The second kappa shape index (κ2) is 8.69. The molecule has 0 aromatic heterocycles. The van der Waals surface area contributed by atoms with Crippen molar-refractivity contribution in [3.63, 3.8) is 0 Å². The van der Waals surface area contributed by atoms with Crippen LogP contribution in [0.2, 0.25) is 0 Å². The summed E-state index contributed by atoms with van der Waals surface area (Å²) in [5.41, 5.74) is 0. The minimum absolute atomic E-state index is 0.254. The summed E-state index contributed by atoms with van der Waals surface area (Å²) in [5, 5.41) is 3.72. The summed E-state index contributed by atoms with van der Waals surface area (Å²) in [7, 11) is 0. The Balaban J connectivity index is 1.45. The number of hydrogen-bond donors (Lipinski definition) is 1. The van der Waals surface area contributed by atoms with Crippen LogP contribution in [-0.4, -0.2) is 36.5 Å². The van der Waals surface area contributed by atoms with Crippen molar-refractivity contribution in [2.75, 3.05) is 19.6 Å². The van der Waals surface area contributed by atoms with Crippen LogP contribution in [0.3, 0.4) is 0 Å². The van der Waals surface area contributed by atoms with Crippen molar-refractivity contribution in [2.45, 2.75) is 84.1 Å². The zero-order chi connectivity index (χ0) is 16.9. The molecule has 2 saturated carbocycles. The molecular formula is C21H38N2O. The average molecular weight is 335 g/mol. The van der Waals surface area contributed by atoms with Gasteiger partial charge in [0.15, 0.2) is 0 Å². The van der Waals surface area contributed by atoms with Gasteiger partial charge in [0, 0.05) is 25.0 Å². The van der Waals surface area contributed by atoms with E-state index in [1.165, 1.54) is 51.5 Å². The number of rotatable bonds is 7. The molecule has 0 radical (unpaired) electrons. The minimum atomic E-state index is 0.254. The molecule has 1 N–H and O–H groups in total. The van der Waals surface area contributed by atoms with E-state index in [0.717, 1.165) is 44.2 Å². The Bertz CT molecular complexity index is 391. The molecule has 1 atom stereocenters. The molecule has 24 heavy (non-hydrogen) atoms. The van der Waals surface area contributed by atoms with Gasteiger partial charge in [-0.25, -0.2) is 0 Å². The molecule has 3 nitrogen and oxygen atoms in total. The van der Waals surface area contributed by atoms with Gasteiger partial charge in [-0.05, 0) is 56.4 Å². The Labute approximate surface area is 148 Å². The molecule has 1 unspecified atom stereocenters. The molecule has 3 rings (SSSR count). The van der Waals surface area contributed by atoms with Gasteiger partial charge in [-0.2, -0.15) is 0 Å². The smallest absolute Gasteiger partial charge is 0.225 e. The van der Waals surface area contributed by atoms with Gasteiger partial charge in [-0.15, -0.1) is 0 Å². The number of carbonyl (C=O) groups excluding carboxylic acids is 1. The maximum absolute atomic E-state index is 13.1. The molecule has 0 aromatic carbocycles. The lowest BCUT2D eigenvalue weighted by molar-refractivity contribution is -0.139. The first kappa shape index (κ1) is 18.2. The summed E-state index contributed by atoms with van der Waals surface area (Å²) in [6.07, 6.45) is 13.1. The molecule has 0 bridgehead atoms. The highest BCUT2D eigenvalue weighted by atomic mass is 16.2. The summed E-state index contributed by atoms with van der Waals surface area (Å²) >= 11 is 0. The first-order valence-corrected chi connectivity index (χ1v) is 10.7. The number of hydrogen-bond acceptors (Lipinski definition) is 2. The van der Waals surface area contributed by atoms with Gasteiger partial charge in [0.2, 0.25) is 5.91 Å². The molecule has 0 spiro atoms. The van der Waals surface area contributed by atoms with Crippen LogP contribution in [0, 0.1) is 23.7 Å². The predicted molar refractivity (Wildman–Crippen MR) is 99.8 cm³/mol.